The zero-order valence-electron chi connectivity index (χ0n) is 15.1. The van der Waals surface area contributed by atoms with Gasteiger partial charge in [-0.15, -0.1) is 0 Å². The Hall–Kier alpha value is -2.36. The highest BCUT2D eigenvalue weighted by Gasteiger charge is 2.28. The molecule has 140 valence electrons. The summed E-state index contributed by atoms with van der Waals surface area (Å²) in [4.78, 5) is 25.7. The summed E-state index contributed by atoms with van der Waals surface area (Å²) in [6.07, 6.45) is 6.39. The first-order chi connectivity index (χ1) is 12.7. The van der Waals surface area contributed by atoms with Crippen LogP contribution in [0.2, 0.25) is 0 Å². The molecule has 2 aliphatic rings. The first kappa shape index (κ1) is 18.4. The van der Waals surface area contributed by atoms with E-state index < -0.39 is 0 Å². The highest BCUT2D eigenvalue weighted by molar-refractivity contribution is 5.78. The van der Waals surface area contributed by atoms with Crippen LogP contribution in [0.15, 0.2) is 10.6 Å². The molecular formula is C19H26N4O3. The number of carbonyl (C=O) groups excluding carboxylic acids is 2. The Kier molecular flexibility index (Phi) is 6.26. The second-order valence-electron chi connectivity index (χ2n) is 7.32. The van der Waals surface area contributed by atoms with Crippen molar-refractivity contribution in [3.05, 3.63) is 17.5 Å². The Morgan fingerprint density at radius 1 is 1.31 bits per heavy atom. The highest BCUT2D eigenvalue weighted by Crippen LogP contribution is 2.40. The van der Waals surface area contributed by atoms with Crippen LogP contribution >= 0.6 is 0 Å². The first-order valence-corrected chi connectivity index (χ1v) is 9.52. The minimum absolute atomic E-state index is 0.0277. The molecule has 7 heteroatoms. The van der Waals surface area contributed by atoms with Crippen molar-refractivity contribution in [1.29, 1.82) is 5.26 Å². The average Bonchev–Trinajstić information content (AvgIpc) is 3.40. The normalized spacial score (nSPS) is 20.3. The predicted molar refractivity (Wildman–Crippen MR) is 94.0 cm³/mol. The van der Waals surface area contributed by atoms with Crippen LogP contribution in [0, 0.1) is 17.2 Å². The molecule has 1 saturated heterocycles. The summed E-state index contributed by atoms with van der Waals surface area (Å²) in [5, 5.41) is 15.6. The van der Waals surface area contributed by atoms with Crippen LogP contribution in [-0.2, 0) is 16.0 Å². The number of hydrogen-bond acceptors (Lipinski definition) is 5. The fraction of sp³-hybridized carbons (Fsp3) is 0.684. The molecular weight excluding hydrogens is 332 g/mol. The first-order valence-electron chi connectivity index (χ1n) is 9.52. The third kappa shape index (κ3) is 5.32. The number of nitrogens with zero attached hydrogens (tertiary/aromatic N) is 3. The van der Waals surface area contributed by atoms with Crippen molar-refractivity contribution in [2.45, 2.75) is 57.3 Å². The van der Waals surface area contributed by atoms with E-state index in [-0.39, 0.29) is 24.7 Å². The van der Waals surface area contributed by atoms with Crippen LogP contribution in [0.5, 0.6) is 0 Å². The van der Waals surface area contributed by atoms with Crippen molar-refractivity contribution >= 4 is 11.8 Å². The summed E-state index contributed by atoms with van der Waals surface area (Å²) in [6.45, 7) is 2.09. The summed E-state index contributed by atoms with van der Waals surface area (Å²) < 4.78 is 5.27. The van der Waals surface area contributed by atoms with E-state index in [1.165, 1.54) is 0 Å². The summed E-state index contributed by atoms with van der Waals surface area (Å²) >= 11 is 0. The second kappa shape index (κ2) is 8.84. The van der Waals surface area contributed by atoms with Gasteiger partial charge in [-0.2, -0.15) is 5.26 Å². The van der Waals surface area contributed by atoms with E-state index in [2.05, 4.69) is 10.5 Å². The Labute approximate surface area is 153 Å². The molecule has 0 aromatic carbocycles. The van der Waals surface area contributed by atoms with Gasteiger partial charge in [0.25, 0.3) is 0 Å². The Bertz CT molecular complexity index is 675. The highest BCUT2D eigenvalue weighted by atomic mass is 16.5. The van der Waals surface area contributed by atoms with Crippen LogP contribution in [0.3, 0.4) is 0 Å². The number of nitrogens with one attached hydrogen (secondary N) is 1. The molecule has 2 fully saturated rings. The van der Waals surface area contributed by atoms with Gasteiger partial charge in [-0.25, -0.2) is 0 Å². The van der Waals surface area contributed by atoms with E-state index in [1.807, 2.05) is 12.1 Å². The lowest BCUT2D eigenvalue weighted by Crippen LogP contribution is -2.31. The molecule has 2 heterocycles. The zero-order chi connectivity index (χ0) is 18.4. The molecule has 2 amide bonds. The number of amides is 2. The van der Waals surface area contributed by atoms with Gasteiger partial charge in [-0.3, -0.25) is 9.59 Å². The lowest BCUT2D eigenvalue weighted by molar-refractivity contribution is -0.130. The van der Waals surface area contributed by atoms with E-state index in [4.69, 9.17) is 9.78 Å². The Morgan fingerprint density at radius 2 is 2.15 bits per heavy atom. The average molecular weight is 358 g/mol. The number of aromatic nitrogens is 1. The zero-order valence-corrected chi connectivity index (χ0v) is 15.1. The molecule has 0 spiro atoms. The Morgan fingerprint density at radius 3 is 2.92 bits per heavy atom. The summed E-state index contributed by atoms with van der Waals surface area (Å²) in [6, 6.07) is 3.82. The van der Waals surface area contributed by atoms with Crippen molar-refractivity contribution in [2.75, 3.05) is 19.6 Å². The van der Waals surface area contributed by atoms with Gasteiger partial charge in [0, 0.05) is 31.6 Å². The van der Waals surface area contributed by atoms with Crippen LogP contribution in [-0.4, -0.2) is 41.5 Å². The van der Waals surface area contributed by atoms with E-state index in [0.717, 1.165) is 50.8 Å². The third-order valence-electron chi connectivity index (χ3n) is 5.20. The predicted octanol–water partition coefficient (Wildman–Crippen LogP) is 2.14. The quantitative estimate of drug-likeness (QED) is 0.805. The maximum atomic E-state index is 12.1. The van der Waals surface area contributed by atoms with Gasteiger partial charge in [-0.05, 0) is 44.4 Å². The molecule has 1 unspecified atom stereocenters. The van der Waals surface area contributed by atoms with E-state index in [1.54, 1.807) is 4.90 Å². The summed E-state index contributed by atoms with van der Waals surface area (Å²) in [5.41, 5.74) is 0.700. The fourth-order valence-corrected chi connectivity index (χ4v) is 3.50. The molecule has 1 aromatic heterocycles. The lowest BCUT2D eigenvalue weighted by Gasteiger charge is -2.19. The van der Waals surface area contributed by atoms with E-state index in [0.29, 0.717) is 30.6 Å². The fourth-order valence-electron chi connectivity index (χ4n) is 3.50. The van der Waals surface area contributed by atoms with Crippen LogP contribution in [0.25, 0.3) is 0 Å². The van der Waals surface area contributed by atoms with Crippen LogP contribution in [0.4, 0.5) is 0 Å². The monoisotopic (exact) mass is 358 g/mol. The minimum atomic E-state index is -0.0698. The molecule has 1 N–H and O–H groups in total. The maximum Gasteiger partial charge on any atom is 0.236 e. The van der Waals surface area contributed by atoms with Crippen molar-refractivity contribution < 1.29 is 14.1 Å². The van der Waals surface area contributed by atoms with Crippen LogP contribution in [0.1, 0.15) is 62.3 Å². The van der Waals surface area contributed by atoms with Gasteiger partial charge in [0.15, 0.2) is 0 Å². The van der Waals surface area contributed by atoms with Crippen molar-refractivity contribution in [2.24, 2.45) is 5.92 Å². The molecule has 7 nitrogen and oxygen atoms in total. The number of nitriles is 1. The maximum absolute atomic E-state index is 12.1. The summed E-state index contributed by atoms with van der Waals surface area (Å²) in [7, 11) is 0. The van der Waals surface area contributed by atoms with Gasteiger partial charge in [-0.1, -0.05) is 5.16 Å². The second-order valence-corrected chi connectivity index (χ2v) is 7.32. The van der Waals surface area contributed by atoms with Gasteiger partial charge < -0.3 is 14.7 Å². The molecule has 1 atom stereocenters. The third-order valence-corrected chi connectivity index (χ3v) is 5.20. The topological polar surface area (TPSA) is 99.2 Å². The lowest BCUT2D eigenvalue weighted by atomic mass is 9.97. The number of hydrogen-bond donors (Lipinski definition) is 1. The molecule has 3 rings (SSSR count). The van der Waals surface area contributed by atoms with Gasteiger partial charge in [0.05, 0.1) is 18.2 Å². The number of carbonyl (C=O) groups is 2. The van der Waals surface area contributed by atoms with Crippen molar-refractivity contribution in [3.8, 4) is 6.07 Å². The summed E-state index contributed by atoms with van der Waals surface area (Å²) in [5.74, 6) is 1.82. The standard InChI is InChI=1S/C19H26N4O3/c20-8-5-19(25)23-10-1-2-14(7-11-23)6-9-21-18(24)13-16-12-17(26-22-16)15-3-4-15/h12,14-15H,1-7,9-11,13H2,(H,21,24). The number of likely N-dealkylation sites (tertiary alicyclic amines) is 1. The molecule has 26 heavy (non-hydrogen) atoms. The number of rotatable bonds is 7. The molecule has 0 bridgehead atoms. The van der Waals surface area contributed by atoms with Gasteiger partial charge >= 0.3 is 0 Å². The van der Waals surface area contributed by atoms with Gasteiger partial charge in [0.2, 0.25) is 11.8 Å². The molecule has 1 saturated carbocycles. The van der Waals surface area contributed by atoms with E-state index in [9.17, 15) is 9.59 Å². The van der Waals surface area contributed by atoms with Crippen molar-refractivity contribution in [3.63, 3.8) is 0 Å². The smallest absolute Gasteiger partial charge is 0.236 e. The molecule has 0 radical (unpaired) electrons. The largest absolute Gasteiger partial charge is 0.361 e. The minimum Gasteiger partial charge on any atom is -0.361 e. The van der Waals surface area contributed by atoms with E-state index >= 15 is 0 Å². The van der Waals surface area contributed by atoms with Gasteiger partial charge in [0.1, 0.15) is 12.2 Å². The van der Waals surface area contributed by atoms with Crippen LogP contribution < -0.4 is 5.32 Å². The SMILES string of the molecule is N#CCC(=O)N1CCCC(CCNC(=O)Cc2cc(C3CC3)on2)CC1. The molecule has 1 aliphatic heterocycles. The molecule has 1 aliphatic carbocycles. The molecule has 1 aromatic rings. The van der Waals surface area contributed by atoms with Crippen molar-refractivity contribution in [1.82, 2.24) is 15.4 Å². The Balaban J connectivity index is 1.34.